The van der Waals surface area contributed by atoms with E-state index in [2.05, 4.69) is 25.6 Å². The fourth-order valence-electron chi connectivity index (χ4n) is 7.13. The van der Waals surface area contributed by atoms with Gasteiger partial charge in [0.25, 0.3) is 11.8 Å². The van der Waals surface area contributed by atoms with Crippen molar-refractivity contribution in [1.82, 2.24) is 24.8 Å². The average Bonchev–Trinajstić information content (AvgIpc) is 4.00. The topological polar surface area (TPSA) is 191 Å². The monoisotopic (exact) mass is 743 g/mol. The van der Waals surface area contributed by atoms with Crippen LogP contribution in [-0.2, 0) is 19.2 Å². The Hall–Kier alpha value is -6.25. The number of aliphatic hydroxyl groups excluding tert-OH is 2. The van der Waals surface area contributed by atoms with E-state index in [1.165, 1.54) is 12.4 Å². The van der Waals surface area contributed by atoms with Crippen molar-refractivity contribution in [3.8, 4) is 22.8 Å². The number of rotatable bonds is 12. The van der Waals surface area contributed by atoms with Crippen LogP contribution >= 0.6 is 0 Å². The Morgan fingerprint density at radius 2 is 1.13 bits per heavy atom. The minimum atomic E-state index is -1.37. The van der Waals surface area contributed by atoms with Crippen LogP contribution in [0.2, 0.25) is 0 Å². The summed E-state index contributed by atoms with van der Waals surface area (Å²) in [6, 6.07) is 23.6. The number of carbonyl (C=O) groups excluding carboxylic acids is 4. The number of carbonyl (C=O) groups is 4. The number of likely N-dealkylation sites (tertiary alicyclic amines) is 2. The largest absolute Gasteiger partial charge is 0.436 e. The average molecular weight is 744 g/mol. The van der Waals surface area contributed by atoms with Crippen LogP contribution in [0.4, 0.5) is 11.4 Å². The van der Waals surface area contributed by atoms with Crippen LogP contribution in [0, 0.1) is 0 Å². The predicted molar refractivity (Wildman–Crippen MR) is 202 cm³/mol. The van der Waals surface area contributed by atoms with Gasteiger partial charge in [0, 0.05) is 72.9 Å². The lowest BCUT2D eigenvalue weighted by atomic mass is 10.1. The third kappa shape index (κ3) is 8.77. The number of pyridine rings is 2. The number of nitrogens with zero attached hydrogens (tertiary/aromatic N) is 5. The van der Waals surface area contributed by atoms with Crippen LogP contribution in [0.25, 0.3) is 22.8 Å². The molecule has 0 spiro atoms. The Balaban J connectivity index is 0.894. The van der Waals surface area contributed by atoms with Crippen LogP contribution in [0.5, 0.6) is 0 Å². The molecule has 55 heavy (non-hydrogen) atoms. The number of nitrogens with one attached hydrogen (secondary N) is 2. The van der Waals surface area contributed by atoms with Gasteiger partial charge in [0.05, 0.1) is 17.6 Å². The zero-order valence-corrected chi connectivity index (χ0v) is 30.0. The molecule has 0 saturated carbocycles. The maximum absolute atomic E-state index is 13.0. The Morgan fingerprint density at radius 3 is 1.58 bits per heavy atom. The number of oxazole rings is 1. The Bertz CT molecular complexity index is 1960. The summed E-state index contributed by atoms with van der Waals surface area (Å²) < 4.78 is 6.04. The zero-order chi connectivity index (χ0) is 38.3. The second-order valence-corrected chi connectivity index (χ2v) is 13.7. The lowest BCUT2D eigenvalue weighted by Crippen LogP contribution is -2.40. The maximum atomic E-state index is 13.0. The van der Waals surface area contributed by atoms with Crippen LogP contribution in [0.15, 0.2) is 108 Å². The lowest BCUT2D eigenvalue weighted by Gasteiger charge is -2.26. The first-order chi connectivity index (χ1) is 26.7. The van der Waals surface area contributed by atoms with E-state index < -0.39 is 24.0 Å². The molecular weight excluding hydrogens is 702 g/mol. The number of aromatic nitrogens is 3. The first kappa shape index (κ1) is 37.1. The Kier molecular flexibility index (Phi) is 11.3. The molecule has 4 N–H and O–H groups in total. The van der Waals surface area contributed by atoms with Crippen molar-refractivity contribution in [1.29, 1.82) is 0 Å². The number of benzene rings is 2. The fraction of sp³-hybridized carbons (Fsp3) is 0.293. The minimum Gasteiger partial charge on any atom is -0.436 e. The molecule has 2 fully saturated rings. The van der Waals surface area contributed by atoms with Crippen molar-refractivity contribution in [2.24, 2.45) is 0 Å². The Morgan fingerprint density at radius 1 is 0.655 bits per heavy atom. The minimum absolute atomic E-state index is 0.104. The van der Waals surface area contributed by atoms with Crippen LogP contribution in [0.1, 0.15) is 62.1 Å². The first-order valence-electron chi connectivity index (χ1n) is 18.3. The molecule has 0 radical (unpaired) electrons. The van der Waals surface area contributed by atoms with Crippen LogP contribution in [0.3, 0.4) is 0 Å². The molecule has 0 bridgehead atoms. The molecule has 2 aliphatic rings. The standard InChI is InChI=1S/C41H41N7O7/c49-35(23-30-7-5-21-47(30)40(53)37(51)32-9-1-3-19-42-32)45-28-15-11-26(12-16-28)34-25-44-39(55-34)27-13-17-29(18-14-27)46-36(50)24-31-8-6-22-48(31)41(54)38(52)33-10-2-4-20-43-33/h1-4,9-20,25,30-31,37-38,51-52H,5-8,21-24H2,(H,45,49)(H,46,50)/t30-,31-,37?,38?/m0/s1. The van der Waals surface area contributed by atoms with E-state index in [1.807, 2.05) is 12.1 Å². The zero-order valence-electron chi connectivity index (χ0n) is 30.0. The summed E-state index contributed by atoms with van der Waals surface area (Å²) in [4.78, 5) is 67.6. The number of aliphatic hydroxyl groups is 2. The van der Waals surface area contributed by atoms with Gasteiger partial charge in [-0.3, -0.25) is 29.1 Å². The van der Waals surface area contributed by atoms with Gasteiger partial charge in [0.2, 0.25) is 17.7 Å². The van der Waals surface area contributed by atoms with Crippen molar-refractivity contribution in [3.63, 3.8) is 0 Å². The highest BCUT2D eigenvalue weighted by atomic mass is 16.4. The number of hydrogen-bond donors (Lipinski definition) is 4. The number of amides is 4. The van der Waals surface area contributed by atoms with Gasteiger partial charge in [-0.1, -0.05) is 12.1 Å². The molecule has 282 valence electrons. The van der Waals surface area contributed by atoms with Crippen molar-refractivity contribution in [3.05, 3.63) is 115 Å². The van der Waals surface area contributed by atoms with Gasteiger partial charge >= 0.3 is 0 Å². The van der Waals surface area contributed by atoms with E-state index in [0.717, 1.165) is 18.4 Å². The molecule has 0 aliphatic carbocycles. The summed E-state index contributed by atoms with van der Waals surface area (Å²) in [5.74, 6) is -0.469. The molecule has 2 aliphatic heterocycles. The molecular formula is C41H41N7O7. The molecule has 2 unspecified atom stereocenters. The van der Waals surface area contributed by atoms with Gasteiger partial charge in [-0.25, -0.2) is 4.98 Å². The summed E-state index contributed by atoms with van der Waals surface area (Å²) in [6.45, 7) is 0.944. The highest BCUT2D eigenvalue weighted by Crippen LogP contribution is 2.30. The van der Waals surface area contributed by atoms with E-state index in [0.29, 0.717) is 54.5 Å². The molecule has 5 heterocycles. The van der Waals surface area contributed by atoms with Gasteiger partial charge in [-0.2, -0.15) is 0 Å². The van der Waals surface area contributed by atoms with Gasteiger partial charge < -0.3 is 35.1 Å². The first-order valence-corrected chi connectivity index (χ1v) is 18.3. The summed E-state index contributed by atoms with van der Waals surface area (Å²) >= 11 is 0. The van der Waals surface area contributed by atoms with Crippen molar-refractivity contribution < 1.29 is 33.8 Å². The highest BCUT2D eigenvalue weighted by molar-refractivity contribution is 5.93. The highest BCUT2D eigenvalue weighted by Gasteiger charge is 2.36. The summed E-state index contributed by atoms with van der Waals surface area (Å²) in [6.07, 6.45) is 4.95. The summed E-state index contributed by atoms with van der Waals surface area (Å²) in [7, 11) is 0. The van der Waals surface area contributed by atoms with Crippen molar-refractivity contribution in [2.75, 3.05) is 23.7 Å². The third-order valence-electron chi connectivity index (χ3n) is 9.94. The number of anilines is 2. The van der Waals surface area contributed by atoms with Gasteiger partial charge in [0.15, 0.2) is 18.0 Å². The summed E-state index contributed by atoms with van der Waals surface area (Å²) in [5, 5.41) is 26.9. The Labute approximate surface area is 317 Å². The molecule has 2 aromatic carbocycles. The van der Waals surface area contributed by atoms with Crippen molar-refractivity contribution in [2.45, 2.75) is 62.8 Å². The smallest absolute Gasteiger partial charge is 0.257 e. The van der Waals surface area contributed by atoms with Crippen LogP contribution in [-0.4, -0.2) is 83.8 Å². The quantitative estimate of drug-likeness (QED) is 0.137. The van der Waals surface area contributed by atoms with Gasteiger partial charge in [-0.15, -0.1) is 0 Å². The summed E-state index contributed by atoms with van der Waals surface area (Å²) in [5.41, 5.74) is 3.18. The van der Waals surface area contributed by atoms with Gasteiger partial charge in [0.1, 0.15) is 0 Å². The molecule has 4 atom stereocenters. The molecule has 2 saturated heterocycles. The lowest BCUT2D eigenvalue weighted by molar-refractivity contribution is -0.142. The SMILES string of the molecule is O=C(C[C@@H]1CCCN1C(=O)C(O)c1ccccn1)Nc1ccc(-c2cnc(-c3ccc(NC(=O)C[C@@H]4CCCN4C(=O)C(O)c4ccccn4)cc3)o2)cc1. The van der Waals surface area contributed by atoms with E-state index in [9.17, 15) is 29.4 Å². The third-order valence-corrected chi connectivity index (χ3v) is 9.94. The van der Waals surface area contributed by atoms with Crippen molar-refractivity contribution >= 4 is 35.0 Å². The van der Waals surface area contributed by atoms with E-state index >= 15 is 0 Å². The molecule has 4 amide bonds. The second-order valence-electron chi connectivity index (χ2n) is 13.7. The second kappa shape index (κ2) is 16.8. The van der Waals surface area contributed by atoms with E-state index in [4.69, 9.17) is 4.42 Å². The predicted octanol–water partition coefficient (Wildman–Crippen LogP) is 4.91. The number of hydrogen-bond acceptors (Lipinski definition) is 10. The normalized spacial score (nSPS) is 17.8. The maximum Gasteiger partial charge on any atom is 0.257 e. The van der Waals surface area contributed by atoms with E-state index in [1.54, 1.807) is 88.8 Å². The molecule has 3 aromatic heterocycles. The van der Waals surface area contributed by atoms with Gasteiger partial charge in [-0.05, 0) is 98.5 Å². The van der Waals surface area contributed by atoms with Crippen LogP contribution < -0.4 is 10.6 Å². The molecule has 14 nitrogen and oxygen atoms in total. The fourth-order valence-corrected chi connectivity index (χ4v) is 7.13. The molecule has 5 aromatic rings. The van der Waals surface area contributed by atoms with E-state index in [-0.39, 0.29) is 48.1 Å². The molecule has 7 rings (SSSR count). The molecule has 14 heteroatoms.